The van der Waals surface area contributed by atoms with E-state index in [0.717, 1.165) is 5.92 Å². The summed E-state index contributed by atoms with van der Waals surface area (Å²) in [5, 5.41) is 3.61. The highest BCUT2D eigenvalue weighted by Crippen LogP contribution is 2.34. The Bertz CT molecular complexity index is 186. The van der Waals surface area contributed by atoms with Crippen LogP contribution < -0.4 is 5.32 Å². The fourth-order valence-electron chi connectivity index (χ4n) is 3.31. The molecule has 1 saturated carbocycles. The monoisotopic (exact) mass is 210 g/mol. The smallest absolute Gasteiger partial charge is 0.0334 e. The lowest BCUT2D eigenvalue weighted by Gasteiger charge is -2.50. The van der Waals surface area contributed by atoms with E-state index in [9.17, 15) is 0 Å². The van der Waals surface area contributed by atoms with Gasteiger partial charge in [-0.3, -0.25) is 4.90 Å². The third kappa shape index (κ3) is 2.54. The van der Waals surface area contributed by atoms with Gasteiger partial charge in [-0.25, -0.2) is 0 Å². The molecule has 2 aliphatic rings. The first-order chi connectivity index (χ1) is 7.23. The maximum Gasteiger partial charge on any atom is 0.0334 e. The Kier molecular flexibility index (Phi) is 3.68. The van der Waals surface area contributed by atoms with E-state index in [-0.39, 0.29) is 0 Å². The maximum atomic E-state index is 3.61. The van der Waals surface area contributed by atoms with E-state index in [1.165, 1.54) is 58.3 Å². The fraction of sp³-hybridized carbons (Fsp3) is 1.00. The van der Waals surface area contributed by atoms with Crippen LogP contribution in [0, 0.1) is 5.92 Å². The second-order valence-corrected chi connectivity index (χ2v) is 5.80. The van der Waals surface area contributed by atoms with E-state index in [0.29, 0.717) is 5.54 Å². The summed E-state index contributed by atoms with van der Waals surface area (Å²) < 4.78 is 0. The van der Waals surface area contributed by atoms with Gasteiger partial charge in [0.25, 0.3) is 0 Å². The van der Waals surface area contributed by atoms with Gasteiger partial charge in [0.2, 0.25) is 0 Å². The molecule has 0 aromatic heterocycles. The second-order valence-electron chi connectivity index (χ2n) is 5.80. The highest BCUT2D eigenvalue weighted by molar-refractivity contribution is 4.98. The van der Waals surface area contributed by atoms with Crippen LogP contribution >= 0.6 is 0 Å². The highest BCUT2D eigenvalue weighted by Gasteiger charge is 2.39. The van der Waals surface area contributed by atoms with Crippen LogP contribution in [0.4, 0.5) is 0 Å². The summed E-state index contributed by atoms with van der Waals surface area (Å²) >= 11 is 0. The minimum atomic E-state index is 0.529. The normalized spacial score (nSPS) is 27.4. The summed E-state index contributed by atoms with van der Waals surface area (Å²) in [7, 11) is 0. The van der Waals surface area contributed by atoms with E-state index >= 15 is 0 Å². The van der Waals surface area contributed by atoms with Crippen LogP contribution in [-0.2, 0) is 0 Å². The van der Waals surface area contributed by atoms with Crippen LogP contribution in [0.1, 0.15) is 46.0 Å². The molecule has 2 heteroatoms. The molecule has 1 N–H and O–H groups in total. The minimum absolute atomic E-state index is 0.529. The predicted octanol–water partition coefficient (Wildman–Crippen LogP) is 2.25. The van der Waals surface area contributed by atoms with Gasteiger partial charge in [-0.15, -0.1) is 0 Å². The van der Waals surface area contributed by atoms with Crippen molar-refractivity contribution in [2.75, 3.05) is 26.2 Å². The lowest BCUT2D eigenvalue weighted by atomic mass is 9.78. The number of piperazine rings is 1. The molecule has 0 aromatic carbocycles. The molecule has 1 aliphatic heterocycles. The van der Waals surface area contributed by atoms with Gasteiger partial charge in [-0.2, -0.15) is 0 Å². The molecule has 0 atom stereocenters. The van der Waals surface area contributed by atoms with Gasteiger partial charge in [0.05, 0.1) is 0 Å². The van der Waals surface area contributed by atoms with E-state index < -0.39 is 0 Å². The number of hydrogen-bond acceptors (Lipinski definition) is 2. The Morgan fingerprint density at radius 1 is 1.20 bits per heavy atom. The summed E-state index contributed by atoms with van der Waals surface area (Å²) in [5.74, 6) is 0.807. The molecule has 1 saturated heterocycles. The molecule has 1 aliphatic carbocycles. The van der Waals surface area contributed by atoms with Crippen LogP contribution in [0.25, 0.3) is 0 Å². The van der Waals surface area contributed by atoms with Crippen molar-refractivity contribution in [3.05, 3.63) is 0 Å². The Balaban J connectivity index is 2.03. The maximum absolute atomic E-state index is 3.61. The molecular weight excluding hydrogens is 184 g/mol. The van der Waals surface area contributed by atoms with E-state index in [4.69, 9.17) is 0 Å². The Morgan fingerprint density at radius 2 is 1.93 bits per heavy atom. The van der Waals surface area contributed by atoms with Crippen molar-refractivity contribution >= 4 is 0 Å². The Morgan fingerprint density at radius 3 is 2.60 bits per heavy atom. The van der Waals surface area contributed by atoms with Crippen molar-refractivity contribution in [1.82, 2.24) is 10.2 Å². The van der Waals surface area contributed by atoms with Crippen molar-refractivity contribution in [1.29, 1.82) is 0 Å². The molecule has 2 rings (SSSR count). The summed E-state index contributed by atoms with van der Waals surface area (Å²) in [6.45, 7) is 9.67. The summed E-state index contributed by atoms with van der Waals surface area (Å²) in [6, 6.07) is 0. The quantitative estimate of drug-likeness (QED) is 0.752. The van der Waals surface area contributed by atoms with Gasteiger partial charge in [0, 0.05) is 31.7 Å². The van der Waals surface area contributed by atoms with Crippen molar-refractivity contribution in [3.8, 4) is 0 Å². The van der Waals surface area contributed by atoms with Crippen molar-refractivity contribution < 1.29 is 0 Å². The van der Waals surface area contributed by atoms with Gasteiger partial charge in [0.1, 0.15) is 0 Å². The average Bonchev–Trinajstić information content (AvgIpc) is 2.23. The SMILES string of the molecule is CC(C)CN1CCNCC12CCCCC2. The van der Waals surface area contributed by atoms with E-state index in [1.54, 1.807) is 0 Å². The van der Waals surface area contributed by atoms with Crippen LogP contribution in [0.5, 0.6) is 0 Å². The van der Waals surface area contributed by atoms with E-state index in [1.807, 2.05) is 0 Å². The third-order valence-electron chi connectivity index (χ3n) is 4.05. The van der Waals surface area contributed by atoms with Crippen LogP contribution in [0.15, 0.2) is 0 Å². The number of rotatable bonds is 2. The zero-order valence-corrected chi connectivity index (χ0v) is 10.4. The number of hydrogen-bond donors (Lipinski definition) is 1. The van der Waals surface area contributed by atoms with Gasteiger partial charge in [-0.05, 0) is 18.8 Å². The molecule has 0 radical (unpaired) electrons. The first-order valence-corrected chi connectivity index (χ1v) is 6.69. The number of nitrogens with zero attached hydrogens (tertiary/aromatic N) is 1. The lowest BCUT2D eigenvalue weighted by Crippen LogP contribution is -2.62. The minimum Gasteiger partial charge on any atom is -0.314 e. The molecule has 0 aromatic rings. The Hall–Kier alpha value is -0.0800. The van der Waals surface area contributed by atoms with Crippen molar-refractivity contribution in [2.24, 2.45) is 5.92 Å². The molecule has 1 heterocycles. The topological polar surface area (TPSA) is 15.3 Å². The van der Waals surface area contributed by atoms with Gasteiger partial charge in [0.15, 0.2) is 0 Å². The van der Waals surface area contributed by atoms with Crippen LogP contribution in [0.2, 0.25) is 0 Å². The zero-order valence-electron chi connectivity index (χ0n) is 10.4. The lowest BCUT2D eigenvalue weighted by molar-refractivity contribution is 0.0189. The van der Waals surface area contributed by atoms with E-state index in [2.05, 4.69) is 24.1 Å². The van der Waals surface area contributed by atoms with Crippen molar-refractivity contribution in [3.63, 3.8) is 0 Å². The predicted molar refractivity (Wildman–Crippen MR) is 65.1 cm³/mol. The molecule has 88 valence electrons. The van der Waals surface area contributed by atoms with Crippen molar-refractivity contribution in [2.45, 2.75) is 51.5 Å². The molecule has 0 amide bonds. The highest BCUT2D eigenvalue weighted by atomic mass is 15.3. The van der Waals surface area contributed by atoms with Gasteiger partial charge in [-0.1, -0.05) is 33.1 Å². The molecule has 0 unspecified atom stereocenters. The zero-order chi connectivity index (χ0) is 10.7. The summed E-state index contributed by atoms with van der Waals surface area (Å²) in [5.41, 5.74) is 0.529. The fourth-order valence-corrected chi connectivity index (χ4v) is 3.31. The van der Waals surface area contributed by atoms with Crippen LogP contribution in [-0.4, -0.2) is 36.6 Å². The standard InChI is InChI=1S/C13H26N2/c1-12(2)10-15-9-8-14-11-13(15)6-4-3-5-7-13/h12,14H,3-11H2,1-2H3. The molecule has 0 bridgehead atoms. The first kappa shape index (κ1) is 11.4. The molecule has 2 fully saturated rings. The Labute approximate surface area is 94.4 Å². The third-order valence-corrected chi connectivity index (χ3v) is 4.05. The van der Waals surface area contributed by atoms with Gasteiger partial charge >= 0.3 is 0 Å². The molecular formula is C13H26N2. The molecule has 2 nitrogen and oxygen atoms in total. The summed E-state index contributed by atoms with van der Waals surface area (Å²) in [6.07, 6.45) is 7.18. The number of nitrogens with one attached hydrogen (secondary N) is 1. The summed E-state index contributed by atoms with van der Waals surface area (Å²) in [4.78, 5) is 2.79. The van der Waals surface area contributed by atoms with Gasteiger partial charge < -0.3 is 5.32 Å². The second kappa shape index (κ2) is 4.84. The first-order valence-electron chi connectivity index (χ1n) is 6.69. The molecule has 1 spiro atoms. The van der Waals surface area contributed by atoms with Crippen LogP contribution in [0.3, 0.4) is 0 Å². The molecule has 15 heavy (non-hydrogen) atoms. The average molecular weight is 210 g/mol. The largest absolute Gasteiger partial charge is 0.314 e.